The summed E-state index contributed by atoms with van der Waals surface area (Å²) in [6.07, 6.45) is 7.85. The van der Waals surface area contributed by atoms with Gasteiger partial charge in [0, 0.05) is 86.0 Å². The monoisotopic (exact) mass is 1160 g/mol. The van der Waals surface area contributed by atoms with Crippen molar-refractivity contribution in [3.8, 4) is 11.5 Å². The number of benzene rings is 2. The fraction of sp³-hybridized carbons (Fsp3) is 0.333. The molecule has 81 heavy (non-hydrogen) atoms. The quantitative estimate of drug-likeness (QED) is 0.0315. The van der Waals surface area contributed by atoms with E-state index in [4.69, 9.17) is 28.9 Å². The molecule has 4 N–H and O–H groups in total. The zero-order valence-electron chi connectivity index (χ0n) is 46.4. The second kappa shape index (κ2) is 24.8. The molecular weight excluding hydrogens is 1100 g/mol. The molecule has 0 saturated heterocycles. The lowest BCUT2D eigenvalue weighted by molar-refractivity contribution is -0.141. The lowest BCUT2D eigenvalue weighted by atomic mass is 9.84. The molecule has 0 aliphatic carbocycles. The fourth-order valence-electron chi connectivity index (χ4n) is 10.5. The summed E-state index contributed by atoms with van der Waals surface area (Å²) in [6.45, 7) is 14.7. The molecule has 0 unspecified atom stereocenters. The highest BCUT2D eigenvalue weighted by Crippen LogP contribution is 2.44. The molecule has 420 valence electrons. The molecule has 2 aliphatic heterocycles. The molecular formula is C60H63BrFN11O8. The van der Waals surface area contributed by atoms with E-state index in [1.165, 1.54) is 33.7 Å². The van der Waals surface area contributed by atoms with E-state index < -0.39 is 23.7 Å². The minimum absolute atomic E-state index is 0.0254. The van der Waals surface area contributed by atoms with Crippen LogP contribution < -0.4 is 20.1 Å². The standard InChI is InChI=1S/C60H63BrFN11O8/c1-10-37-31(3)44-24-46-33(5)39(17-19-53(74)79-8)57(68-46)41(23-55(76)80-9)58-56(34(6)47(69-58)26-50-38(11-2)32(4)45(67-50)25-49(37)66-44)60(77)63-28-36-29-73(72-71-36)20-14-12-13-15-54(75)81-52-27-48-40(22-51(52)78-7)59(65-30-64-48)70-43-18-16-35(61)21-42(43)62/h10,16,18,21-22,24-27,29-30,33,39,66-67H,1,11-15,17,19-20,23,28H2,2-9H3,(H,63,77)(H,64,65,70)/t33-,39-/m0/s1. The van der Waals surface area contributed by atoms with Gasteiger partial charge in [-0.2, -0.15) is 0 Å². The molecule has 0 fully saturated rings. The highest BCUT2D eigenvalue weighted by atomic mass is 79.9. The average molecular weight is 1170 g/mol. The molecule has 1 amide bonds. The summed E-state index contributed by atoms with van der Waals surface area (Å²) >= 11 is 3.27. The number of nitrogens with zero attached hydrogens (tertiary/aromatic N) is 7. The van der Waals surface area contributed by atoms with E-state index in [9.17, 15) is 23.6 Å². The van der Waals surface area contributed by atoms with Gasteiger partial charge in [0.15, 0.2) is 11.5 Å². The number of rotatable bonds is 20. The number of fused-ring (bicyclic) bond motifs is 9. The van der Waals surface area contributed by atoms with E-state index in [-0.39, 0.29) is 72.1 Å². The number of halogens is 2. The van der Waals surface area contributed by atoms with Crippen molar-refractivity contribution in [2.24, 2.45) is 0 Å². The lowest BCUT2D eigenvalue weighted by Crippen LogP contribution is -2.25. The zero-order valence-corrected chi connectivity index (χ0v) is 48.0. The first-order valence-electron chi connectivity index (χ1n) is 26.7. The number of hydrogen-bond donors (Lipinski definition) is 4. The van der Waals surface area contributed by atoms with Gasteiger partial charge in [-0.3, -0.25) is 28.8 Å². The molecule has 0 radical (unpaired) electrons. The van der Waals surface area contributed by atoms with Gasteiger partial charge < -0.3 is 39.5 Å². The number of H-pyrrole nitrogens is 2. The number of amides is 1. The van der Waals surface area contributed by atoms with Gasteiger partial charge in [-0.1, -0.05) is 54.1 Å². The average Bonchev–Trinajstić information content (AvgIpc) is 4.46. The summed E-state index contributed by atoms with van der Waals surface area (Å²) in [4.78, 5) is 80.5. The third kappa shape index (κ3) is 12.3. The number of aromatic amines is 2. The normalized spacial score (nSPS) is 14.0. The Bertz CT molecular complexity index is 3850. The van der Waals surface area contributed by atoms with E-state index in [1.54, 1.807) is 35.1 Å². The number of ether oxygens (including phenoxy) is 4. The number of methoxy groups -OCH3 is 3. The maximum Gasteiger partial charge on any atom is 0.311 e. The molecule has 9 rings (SSSR count). The van der Waals surface area contributed by atoms with Crippen LogP contribution in [-0.2, 0) is 54.6 Å². The molecule has 0 spiro atoms. The number of aryl methyl sites for hydroxylation is 4. The van der Waals surface area contributed by atoms with Crippen molar-refractivity contribution in [2.45, 2.75) is 111 Å². The van der Waals surface area contributed by atoms with Crippen molar-refractivity contribution in [1.82, 2.24) is 50.2 Å². The number of unbranched alkanes of at least 4 members (excludes halogenated alkanes) is 2. The van der Waals surface area contributed by atoms with Crippen LogP contribution in [0.5, 0.6) is 11.5 Å². The predicted octanol–water partition coefficient (Wildman–Crippen LogP) is 11.3. The largest absolute Gasteiger partial charge is 0.493 e. The fourth-order valence-corrected chi connectivity index (χ4v) is 10.8. The van der Waals surface area contributed by atoms with Gasteiger partial charge in [-0.05, 0) is 111 Å². The highest BCUT2D eigenvalue weighted by Gasteiger charge is 2.36. The third-order valence-corrected chi connectivity index (χ3v) is 15.5. The molecule has 8 bridgehead atoms. The molecule has 2 aromatic carbocycles. The van der Waals surface area contributed by atoms with Crippen molar-refractivity contribution >= 4 is 101 Å². The van der Waals surface area contributed by atoms with Crippen LogP contribution in [0.2, 0.25) is 0 Å². The van der Waals surface area contributed by atoms with Gasteiger partial charge in [0.25, 0.3) is 5.91 Å². The van der Waals surface area contributed by atoms with Gasteiger partial charge in [-0.15, -0.1) is 5.10 Å². The van der Waals surface area contributed by atoms with Crippen molar-refractivity contribution < 1.29 is 42.5 Å². The summed E-state index contributed by atoms with van der Waals surface area (Å²) < 4.78 is 38.6. The summed E-state index contributed by atoms with van der Waals surface area (Å²) in [5.74, 6) is -2.09. The Labute approximate surface area is 475 Å². The van der Waals surface area contributed by atoms with Gasteiger partial charge in [-0.25, -0.2) is 19.3 Å². The Morgan fingerprint density at radius 3 is 2.37 bits per heavy atom. The summed E-state index contributed by atoms with van der Waals surface area (Å²) in [6, 6.07) is 13.9. The van der Waals surface area contributed by atoms with Crippen LogP contribution in [0.1, 0.15) is 127 Å². The number of hydrogen-bond acceptors (Lipinski definition) is 15. The Balaban J connectivity index is 0.934. The van der Waals surface area contributed by atoms with Crippen LogP contribution in [0, 0.1) is 19.7 Å². The van der Waals surface area contributed by atoms with Gasteiger partial charge in [0.1, 0.15) is 23.7 Å². The van der Waals surface area contributed by atoms with Gasteiger partial charge in [0.05, 0.1) is 74.4 Å². The van der Waals surface area contributed by atoms with Crippen LogP contribution in [0.3, 0.4) is 0 Å². The van der Waals surface area contributed by atoms with Crippen LogP contribution in [0.15, 0.2) is 72.1 Å². The van der Waals surface area contributed by atoms with Crippen LogP contribution in [-0.4, -0.2) is 90.0 Å². The first-order valence-corrected chi connectivity index (χ1v) is 27.5. The van der Waals surface area contributed by atoms with Crippen molar-refractivity contribution in [1.29, 1.82) is 0 Å². The van der Waals surface area contributed by atoms with E-state index in [1.807, 2.05) is 39.0 Å². The summed E-state index contributed by atoms with van der Waals surface area (Å²) in [5, 5.41) is 15.2. The Kier molecular flexibility index (Phi) is 17.5. The predicted molar refractivity (Wildman–Crippen MR) is 310 cm³/mol. The molecule has 0 saturated carbocycles. The van der Waals surface area contributed by atoms with Crippen LogP contribution in [0.4, 0.5) is 15.9 Å². The number of nitrogens with one attached hydrogen (secondary N) is 4. The highest BCUT2D eigenvalue weighted by molar-refractivity contribution is 9.10. The first kappa shape index (κ1) is 57.1. The molecule has 2 atom stereocenters. The number of carbonyl (C=O) groups is 4. The second-order valence-corrected chi connectivity index (χ2v) is 20.9. The SMILES string of the molecule is C=Cc1c(C)c2cc3nc(c(CC(=O)OC)c4nc(cc5[nH]c(cc1[nH]2)c(C)c5CC)C(C)=C4C(=O)NCc1cn(CCCCCC(=O)Oc2cc4ncnc(Nc5ccc(Br)cc5F)c4cc2OC)nn1)[C@@H](CCC(=O)OC)[C@@H]3C. The van der Waals surface area contributed by atoms with Gasteiger partial charge >= 0.3 is 17.9 Å². The van der Waals surface area contributed by atoms with E-state index >= 15 is 0 Å². The van der Waals surface area contributed by atoms with Gasteiger partial charge in [0.2, 0.25) is 0 Å². The van der Waals surface area contributed by atoms with E-state index in [0.29, 0.717) is 88.1 Å². The van der Waals surface area contributed by atoms with E-state index in [0.717, 1.165) is 50.0 Å². The van der Waals surface area contributed by atoms with Crippen LogP contribution >= 0.6 is 15.9 Å². The van der Waals surface area contributed by atoms with Crippen molar-refractivity contribution in [3.05, 3.63) is 134 Å². The topological polar surface area (TPSA) is 243 Å². The number of carbonyl (C=O) groups excluding carboxylic acids is 4. The number of aromatic nitrogens is 9. The minimum atomic E-state index is -0.554. The molecule has 7 heterocycles. The molecule has 19 nitrogen and oxygen atoms in total. The van der Waals surface area contributed by atoms with E-state index in [2.05, 4.69) is 83.3 Å². The summed E-state index contributed by atoms with van der Waals surface area (Å²) in [7, 11) is 4.12. The number of esters is 3. The van der Waals surface area contributed by atoms with Crippen molar-refractivity contribution in [3.63, 3.8) is 0 Å². The molecule has 7 aromatic rings. The zero-order chi connectivity index (χ0) is 57.6. The first-order chi connectivity index (χ1) is 39.0. The number of anilines is 2. The maximum atomic E-state index is 14.8. The Morgan fingerprint density at radius 1 is 0.852 bits per heavy atom. The smallest absolute Gasteiger partial charge is 0.311 e. The maximum absolute atomic E-state index is 14.8. The molecule has 5 aromatic heterocycles. The minimum Gasteiger partial charge on any atom is -0.493 e. The molecule has 2 aliphatic rings. The van der Waals surface area contributed by atoms with Crippen molar-refractivity contribution in [2.75, 3.05) is 26.6 Å². The van der Waals surface area contributed by atoms with Crippen LogP contribution in [0.25, 0.3) is 50.2 Å². The number of allylic oxidation sites excluding steroid dienone is 1. The Morgan fingerprint density at radius 2 is 1.63 bits per heavy atom. The third-order valence-electron chi connectivity index (χ3n) is 15.0. The lowest BCUT2D eigenvalue weighted by Gasteiger charge is -2.18. The second-order valence-electron chi connectivity index (χ2n) is 20.0. The Hall–Kier alpha value is -8.59. The summed E-state index contributed by atoms with van der Waals surface area (Å²) in [5.41, 5.74) is 12.0. The molecule has 21 heteroatoms.